The van der Waals surface area contributed by atoms with Crippen molar-refractivity contribution in [2.24, 2.45) is 16.6 Å². The predicted molar refractivity (Wildman–Crippen MR) is 76.1 cm³/mol. The zero-order valence-corrected chi connectivity index (χ0v) is 12.4. The molecule has 0 spiro atoms. The summed E-state index contributed by atoms with van der Waals surface area (Å²) in [7, 11) is 0. The van der Waals surface area contributed by atoms with Crippen molar-refractivity contribution in [3.8, 4) is 0 Å². The fourth-order valence-electron chi connectivity index (χ4n) is 2.93. The number of hydrogen-bond acceptors (Lipinski definition) is 2. The van der Waals surface area contributed by atoms with Crippen molar-refractivity contribution in [2.45, 2.75) is 59.8 Å². The third kappa shape index (κ3) is 4.26. The van der Waals surface area contributed by atoms with Crippen LogP contribution in [-0.4, -0.2) is 31.1 Å². The molecule has 1 aliphatic heterocycles. The van der Waals surface area contributed by atoms with Crippen molar-refractivity contribution < 1.29 is 0 Å². The van der Waals surface area contributed by atoms with Crippen LogP contribution in [0.2, 0.25) is 0 Å². The van der Waals surface area contributed by atoms with Gasteiger partial charge in [0.1, 0.15) is 0 Å². The summed E-state index contributed by atoms with van der Waals surface area (Å²) in [5, 5.41) is 0. The van der Waals surface area contributed by atoms with Gasteiger partial charge in [0.05, 0.1) is 0 Å². The van der Waals surface area contributed by atoms with Gasteiger partial charge in [-0.25, -0.2) is 0 Å². The monoisotopic (exact) mass is 240 g/mol. The molecular weight excluding hydrogens is 208 g/mol. The first-order valence-corrected chi connectivity index (χ1v) is 7.39. The summed E-state index contributed by atoms with van der Waals surface area (Å²) in [6, 6.07) is 0. The first-order valence-electron chi connectivity index (χ1n) is 7.39. The van der Waals surface area contributed by atoms with Gasteiger partial charge in [-0.05, 0) is 62.6 Å². The molecule has 1 aliphatic rings. The van der Waals surface area contributed by atoms with E-state index in [0.717, 1.165) is 6.54 Å². The molecule has 1 rings (SSSR count). The van der Waals surface area contributed by atoms with Crippen LogP contribution in [0.5, 0.6) is 0 Å². The summed E-state index contributed by atoms with van der Waals surface area (Å²) in [6.07, 6.45) is 6.64. The van der Waals surface area contributed by atoms with Crippen LogP contribution in [0.1, 0.15) is 59.8 Å². The Morgan fingerprint density at radius 2 is 1.88 bits per heavy atom. The molecule has 0 saturated carbocycles. The smallest absolute Gasteiger partial charge is 0.00382 e. The Balaban J connectivity index is 2.27. The van der Waals surface area contributed by atoms with Gasteiger partial charge in [0.25, 0.3) is 0 Å². The molecule has 0 radical (unpaired) electrons. The summed E-state index contributed by atoms with van der Waals surface area (Å²) in [5.41, 5.74) is 6.73. The molecule has 0 atom stereocenters. The molecule has 2 nitrogen and oxygen atoms in total. The molecule has 1 fully saturated rings. The Bertz CT molecular complexity index is 219. The fraction of sp³-hybridized carbons (Fsp3) is 1.00. The van der Waals surface area contributed by atoms with E-state index in [1.807, 2.05) is 0 Å². The minimum absolute atomic E-state index is 0.326. The van der Waals surface area contributed by atoms with Crippen molar-refractivity contribution >= 4 is 0 Å². The van der Waals surface area contributed by atoms with Crippen LogP contribution in [0.3, 0.4) is 0 Å². The van der Waals surface area contributed by atoms with E-state index >= 15 is 0 Å². The Kier molecular flexibility index (Phi) is 5.46. The molecule has 0 aromatic heterocycles. The van der Waals surface area contributed by atoms with Crippen LogP contribution < -0.4 is 5.73 Å². The molecule has 1 saturated heterocycles. The van der Waals surface area contributed by atoms with E-state index in [-0.39, 0.29) is 0 Å². The zero-order chi connectivity index (χ0) is 12.9. The van der Waals surface area contributed by atoms with Crippen molar-refractivity contribution in [1.82, 2.24) is 4.90 Å². The maximum Gasteiger partial charge on any atom is 0.00382 e. The number of nitrogens with zero attached hydrogens (tertiary/aromatic N) is 1. The van der Waals surface area contributed by atoms with Crippen LogP contribution in [-0.2, 0) is 0 Å². The Labute approximate surface area is 108 Å². The van der Waals surface area contributed by atoms with Crippen molar-refractivity contribution in [3.63, 3.8) is 0 Å². The summed E-state index contributed by atoms with van der Waals surface area (Å²) in [4.78, 5) is 2.67. The largest absolute Gasteiger partial charge is 0.330 e. The molecule has 0 unspecified atom stereocenters. The number of nitrogens with two attached hydrogens (primary N) is 1. The molecular formula is C15H32N2. The number of likely N-dealkylation sites (tertiary alicyclic amines) is 1. The number of hydrogen-bond donors (Lipinski definition) is 1. The highest BCUT2D eigenvalue weighted by Gasteiger charge is 2.34. The summed E-state index contributed by atoms with van der Waals surface area (Å²) in [5.74, 6) is 0. The van der Waals surface area contributed by atoms with Gasteiger partial charge in [0.15, 0.2) is 0 Å². The van der Waals surface area contributed by atoms with Gasteiger partial charge in [-0.15, -0.1) is 0 Å². The van der Waals surface area contributed by atoms with Crippen LogP contribution in [0.15, 0.2) is 0 Å². The molecule has 0 aliphatic carbocycles. The van der Waals surface area contributed by atoms with Gasteiger partial charge < -0.3 is 10.6 Å². The molecule has 102 valence electrons. The molecule has 0 amide bonds. The molecule has 2 heteroatoms. The molecule has 17 heavy (non-hydrogen) atoms. The van der Waals surface area contributed by atoms with E-state index in [4.69, 9.17) is 5.73 Å². The quantitative estimate of drug-likeness (QED) is 0.740. The summed E-state index contributed by atoms with van der Waals surface area (Å²) < 4.78 is 0. The van der Waals surface area contributed by atoms with Crippen molar-refractivity contribution in [2.75, 3.05) is 26.2 Å². The zero-order valence-electron chi connectivity index (χ0n) is 12.4. The van der Waals surface area contributed by atoms with Gasteiger partial charge in [-0.2, -0.15) is 0 Å². The van der Waals surface area contributed by atoms with Gasteiger partial charge in [-0.3, -0.25) is 0 Å². The lowest BCUT2D eigenvalue weighted by Crippen LogP contribution is -2.29. The Morgan fingerprint density at radius 3 is 2.35 bits per heavy atom. The first kappa shape index (κ1) is 15.0. The topological polar surface area (TPSA) is 29.3 Å². The summed E-state index contributed by atoms with van der Waals surface area (Å²) in [6.45, 7) is 14.0. The molecule has 0 bridgehead atoms. The van der Waals surface area contributed by atoms with Crippen molar-refractivity contribution in [1.29, 1.82) is 0 Å². The van der Waals surface area contributed by atoms with Crippen LogP contribution in [0, 0.1) is 10.8 Å². The Morgan fingerprint density at radius 1 is 1.24 bits per heavy atom. The molecule has 0 aromatic rings. The second-order valence-electron chi connectivity index (χ2n) is 6.71. The van der Waals surface area contributed by atoms with Crippen LogP contribution in [0.4, 0.5) is 0 Å². The van der Waals surface area contributed by atoms with Crippen molar-refractivity contribution in [3.05, 3.63) is 0 Å². The van der Waals surface area contributed by atoms with E-state index in [1.165, 1.54) is 51.7 Å². The van der Waals surface area contributed by atoms with E-state index in [2.05, 4.69) is 32.6 Å². The van der Waals surface area contributed by atoms with Gasteiger partial charge >= 0.3 is 0 Å². The standard InChI is InChI=1S/C15H32N2/c1-5-15(6-2)9-11-17(13-15)10-7-8-14(3,4)12-16/h5-13,16H2,1-4H3. The SMILES string of the molecule is CCC1(CC)CCN(CCCC(C)(C)CN)C1. The third-order valence-corrected chi connectivity index (χ3v) is 4.90. The van der Waals surface area contributed by atoms with E-state index < -0.39 is 0 Å². The predicted octanol–water partition coefficient (Wildman–Crippen LogP) is 3.26. The Hall–Kier alpha value is -0.0800. The van der Waals surface area contributed by atoms with Crippen LogP contribution in [0.25, 0.3) is 0 Å². The maximum atomic E-state index is 5.77. The van der Waals surface area contributed by atoms with E-state index in [1.54, 1.807) is 0 Å². The number of rotatable bonds is 7. The lowest BCUT2D eigenvalue weighted by molar-refractivity contribution is 0.227. The van der Waals surface area contributed by atoms with Gasteiger partial charge in [-0.1, -0.05) is 27.7 Å². The minimum Gasteiger partial charge on any atom is -0.330 e. The average molecular weight is 240 g/mol. The molecule has 1 heterocycles. The van der Waals surface area contributed by atoms with Crippen LogP contribution >= 0.6 is 0 Å². The van der Waals surface area contributed by atoms with Gasteiger partial charge in [0, 0.05) is 6.54 Å². The molecule has 0 aromatic carbocycles. The second-order valence-corrected chi connectivity index (χ2v) is 6.71. The normalized spacial score (nSPS) is 21.0. The molecule has 2 N–H and O–H groups in total. The highest BCUT2D eigenvalue weighted by Crippen LogP contribution is 2.37. The lowest BCUT2D eigenvalue weighted by Gasteiger charge is -2.27. The third-order valence-electron chi connectivity index (χ3n) is 4.90. The minimum atomic E-state index is 0.326. The van der Waals surface area contributed by atoms with E-state index in [9.17, 15) is 0 Å². The van der Waals surface area contributed by atoms with Gasteiger partial charge in [0.2, 0.25) is 0 Å². The van der Waals surface area contributed by atoms with E-state index in [0.29, 0.717) is 10.8 Å². The highest BCUT2D eigenvalue weighted by atomic mass is 15.2. The highest BCUT2D eigenvalue weighted by molar-refractivity contribution is 4.88. The average Bonchev–Trinajstić information content (AvgIpc) is 2.73. The fourth-order valence-corrected chi connectivity index (χ4v) is 2.93. The maximum absolute atomic E-state index is 5.77. The summed E-state index contributed by atoms with van der Waals surface area (Å²) >= 11 is 0. The lowest BCUT2D eigenvalue weighted by atomic mass is 9.82. The second kappa shape index (κ2) is 6.19. The first-order chi connectivity index (χ1) is 7.97.